The molecule has 5 nitrogen and oxygen atoms in total. The molecule has 1 aromatic heterocycles. The van der Waals surface area contributed by atoms with E-state index in [1.54, 1.807) is 43.6 Å². The number of carboxylic acids is 1. The fourth-order valence-corrected chi connectivity index (χ4v) is 2.10. The predicted molar refractivity (Wildman–Crippen MR) is 77.5 cm³/mol. The monoisotopic (exact) mass is 336 g/mol. The molecule has 0 bridgehead atoms. The van der Waals surface area contributed by atoms with Crippen molar-refractivity contribution in [1.29, 1.82) is 0 Å². The first-order valence-electron chi connectivity index (χ1n) is 5.91. The molecule has 6 heteroatoms. The van der Waals surface area contributed by atoms with Crippen LogP contribution in [0.4, 0.5) is 0 Å². The third-order valence-electron chi connectivity index (χ3n) is 2.92. The van der Waals surface area contributed by atoms with Gasteiger partial charge in [-0.05, 0) is 30.2 Å². The van der Waals surface area contributed by atoms with E-state index in [0.717, 1.165) is 10.0 Å². The quantitative estimate of drug-likeness (QED) is 0.802. The van der Waals surface area contributed by atoms with Crippen molar-refractivity contribution in [2.75, 3.05) is 0 Å². The minimum absolute atomic E-state index is 0.418. The molecule has 0 saturated heterocycles. The molecule has 0 fully saturated rings. The second kappa shape index (κ2) is 5.92. The molecule has 3 N–H and O–H groups in total. The highest BCUT2D eigenvalue weighted by atomic mass is 79.9. The summed E-state index contributed by atoms with van der Waals surface area (Å²) in [6.45, 7) is 1.78. The van der Waals surface area contributed by atoms with E-state index in [-0.39, 0.29) is 0 Å². The molecule has 1 aromatic carbocycles. The van der Waals surface area contributed by atoms with Crippen molar-refractivity contribution in [3.05, 3.63) is 57.8 Å². The van der Waals surface area contributed by atoms with Crippen LogP contribution < -0.4 is 5.32 Å². The number of amides is 1. The van der Waals surface area contributed by atoms with E-state index < -0.39 is 17.9 Å². The summed E-state index contributed by atoms with van der Waals surface area (Å²) in [7, 11) is 0. The number of H-pyrrole nitrogens is 1. The third kappa shape index (κ3) is 3.08. The van der Waals surface area contributed by atoms with E-state index in [4.69, 9.17) is 0 Å². The second-order valence-corrected chi connectivity index (χ2v) is 5.26. The molecule has 0 aliphatic carbocycles. The van der Waals surface area contributed by atoms with Crippen molar-refractivity contribution in [2.24, 2.45) is 0 Å². The number of aliphatic carboxylic acids is 1. The maximum Gasteiger partial charge on any atom is 0.330 e. The van der Waals surface area contributed by atoms with Crippen LogP contribution in [-0.4, -0.2) is 22.0 Å². The lowest BCUT2D eigenvalue weighted by Gasteiger charge is -2.15. The van der Waals surface area contributed by atoms with Gasteiger partial charge in [0.05, 0.1) is 5.56 Å². The Kier molecular flexibility index (Phi) is 4.24. The number of halogens is 1. The maximum absolute atomic E-state index is 12.1. The summed E-state index contributed by atoms with van der Waals surface area (Å²) in [6, 6.07) is 5.71. The highest BCUT2D eigenvalue weighted by Gasteiger charge is 2.23. The van der Waals surface area contributed by atoms with Crippen molar-refractivity contribution >= 4 is 27.8 Å². The van der Waals surface area contributed by atoms with E-state index in [0.29, 0.717) is 11.1 Å². The SMILES string of the molecule is Cc1c[nH]cc1C(=O)NC(C(=O)O)c1ccc(Br)cc1. The lowest BCUT2D eigenvalue weighted by Crippen LogP contribution is -2.33. The summed E-state index contributed by atoms with van der Waals surface area (Å²) in [4.78, 5) is 26.2. The molecule has 104 valence electrons. The molecule has 0 radical (unpaired) electrons. The number of aromatic nitrogens is 1. The number of nitrogens with one attached hydrogen (secondary N) is 2. The summed E-state index contributed by atoms with van der Waals surface area (Å²) in [5.74, 6) is -1.52. The molecule has 2 aromatic rings. The number of carbonyl (C=O) groups is 2. The Balaban J connectivity index is 2.22. The van der Waals surface area contributed by atoms with E-state index in [1.165, 1.54) is 0 Å². The van der Waals surface area contributed by atoms with Gasteiger partial charge in [-0.1, -0.05) is 28.1 Å². The average molecular weight is 337 g/mol. The van der Waals surface area contributed by atoms with Crippen molar-refractivity contribution < 1.29 is 14.7 Å². The number of benzene rings is 1. The average Bonchev–Trinajstić information content (AvgIpc) is 2.83. The van der Waals surface area contributed by atoms with Crippen LogP contribution in [0.3, 0.4) is 0 Å². The molecule has 0 aliphatic rings. The summed E-state index contributed by atoms with van der Waals surface area (Å²) >= 11 is 3.28. The smallest absolute Gasteiger partial charge is 0.330 e. The zero-order valence-electron chi connectivity index (χ0n) is 10.7. The summed E-state index contributed by atoms with van der Waals surface area (Å²) in [6.07, 6.45) is 3.23. The first-order chi connectivity index (χ1) is 9.49. The Morgan fingerprint density at radius 3 is 2.40 bits per heavy atom. The molecule has 1 atom stereocenters. The summed E-state index contributed by atoms with van der Waals surface area (Å²) < 4.78 is 0.846. The summed E-state index contributed by atoms with van der Waals surface area (Å²) in [5.41, 5.74) is 1.72. The lowest BCUT2D eigenvalue weighted by atomic mass is 10.1. The van der Waals surface area contributed by atoms with Crippen LogP contribution in [-0.2, 0) is 4.79 Å². The van der Waals surface area contributed by atoms with Crippen LogP contribution in [0, 0.1) is 6.92 Å². The minimum Gasteiger partial charge on any atom is -0.479 e. The number of aromatic amines is 1. The van der Waals surface area contributed by atoms with Gasteiger partial charge in [0, 0.05) is 16.9 Å². The van der Waals surface area contributed by atoms with Crippen LogP contribution in [0.5, 0.6) is 0 Å². The van der Waals surface area contributed by atoms with Gasteiger partial charge in [-0.15, -0.1) is 0 Å². The van der Waals surface area contributed by atoms with Gasteiger partial charge in [0.15, 0.2) is 6.04 Å². The molecule has 0 saturated carbocycles. The van der Waals surface area contributed by atoms with Crippen LogP contribution in [0.25, 0.3) is 0 Å². The van der Waals surface area contributed by atoms with Gasteiger partial charge in [-0.2, -0.15) is 0 Å². The largest absolute Gasteiger partial charge is 0.479 e. The Bertz CT molecular complexity index is 634. The van der Waals surface area contributed by atoms with E-state index >= 15 is 0 Å². The molecule has 1 unspecified atom stereocenters. The maximum atomic E-state index is 12.1. The molecule has 20 heavy (non-hydrogen) atoms. The van der Waals surface area contributed by atoms with Crippen LogP contribution in [0.15, 0.2) is 41.1 Å². The number of hydrogen-bond donors (Lipinski definition) is 3. The van der Waals surface area contributed by atoms with Crippen molar-refractivity contribution in [1.82, 2.24) is 10.3 Å². The first kappa shape index (κ1) is 14.3. The zero-order chi connectivity index (χ0) is 14.7. The Morgan fingerprint density at radius 1 is 1.25 bits per heavy atom. The van der Waals surface area contributed by atoms with Gasteiger partial charge in [-0.3, -0.25) is 4.79 Å². The topological polar surface area (TPSA) is 82.2 Å². The molecule has 2 rings (SSSR count). The lowest BCUT2D eigenvalue weighted by molar-refractivity contribution is -0.139. The standard InChI is InChI=1S/C14H13BrN2O3/c1-8-6-16-7-11(8)13(18)17-12(14(19)20)9-2-4-10(15)5-3-9/h2-7,12,16H,1H3,(H,17,18)(H,19,20). The van der Waals surface area contributed by atoms with Crippen molar-refractivity contribution in [3.63, 3.8) is 0 Å². The first-order valence-corrected chi connectivity index (χ1v) is 6.71. The molecule has 1 heterocycles. The van der Waals surface area contributed by atoms with E-state index in [9.17, 15) is 14.7 Å². The third-order valence-corrected chi connectivity index (χ3v) is 3.45. The normalized spacial score (nSPS) is 11.9. The fraction of sp³-hybridized carbons (Fsp3) is 0.143. The number of aryl methyl sites for hydroxylation is 1. The van der Waals surface area contributed by atoms with Crippen molar-refractivity contribution in [3.8, 4) is 0 Å². The van der Waals surface area contributed by atoms with Crippen LogP contribution in [0.1, 0.15) is 27.5 Å². The highest BCUT2D eigenvalue weighted by molar-refractivity contribution is 9.10. The Morgan fingerprint density at radius 2 is 1.90 bits per heavy atom. The minimum atomic E-state index is -1.10. The number of carboxylic acid groups (broad SMARTS) is 1. The molecule has 0 spiro atoms. The predicted octanol–water partition coefficient (Wildman–Crippen LogP) is 2.64. The molecule has 0 aliphatic heterocycles. The zero-order valence-corrected chi connectivity index (χ0v) is 12.3. The van der Waals surface area contributed by atoms with E-state index in [2.05, 4.69) is 26.2 Å². The van der Waals surface area contributed by atoms with Gasteiger partial charge in [0.1, 0.15) is 0 Å². The van der Waals surface area contributed by atoms with Crippen LogP contribution in [0.2, 0.25) is 0 Å². The fourth-order valence-electron chi connectivity index (χ4n) is 1.84. The number of hydrogen-bond acceptors (Lipinski definition) is 2. The van der Waals surface area contributed by atoms with Crippen LogP contribution >= 0.6 is 15.9 Å². The van der Waals surface area contributed by atoms with E-state index in [1.807, 2.05) is 0 Å². The molecular weight excluding hydrogens is 324 g/mol. The Hall–Kier alpha value is -2.08. The summed E-state index contributed by atoms with van der Waals surface area (Å²) in [5, 5.41) is 11.8. The number of rotatable bonds is 4. The van der Waals surface area contributed by atoms with Gasteiger partial charge in [-0.25, -0.2) is 4.79 Å². The van der Waals surface area contributed by atoms with Gasteiger partial charge in [0.2, 0.25) is 0 Å². The highest BCUT2D eigenvalue weighted by Crippen LogP contribution is 2.18. The van der Waals surface area contributed by atoms with Gasteiger partial charge in [0.25, 0.3) is 5.91 Å². The second-order valence-electron chi connectivity index (χ2n) is 4.35. The van der Waals surface area contributed by atoms with Gasteiger partial charge < -0.3 is 15.4 Å². The number of carbonyl (C=O) groups excluding carboxylic acids is 1. The van der Waals surface area contributed by atoms with Crippen molar-refractivity contribution in [2.45, 2.75) is 13.0 Å². The Labute approximate surface area is 124 Å². The molecular formula is C14H13BrN2O3. The molecule has 1 amide bonds. The van der Waals surface area contributed by atoms with Gasteiger partial charge >= 0.3 is 5.97 Å².